The Morgan fingerprint density at radius 1 is 0.833 bits per heavy atom. The van der Waals surface area contributed by atoms with Crippen molar-refractivity contribution < 1.29 is 19.1 Å². The number of rotatable bonds is 11. The molecular formula is C36H36N2O4. The summed E-state index contributed by atoms with van der Waals surface area (Å²) < 4.78 is 4.68. The van der Waals surface area contributed by atoms with Crippen molar-refractivity contribution >= 4 is 35.2 Å². The first-order valence-corrected chi connectivity index (χ1v) is 14.1. The number of methoxy groups -OCH3 is 1. The van der Waals surface area contributed by atoms with Gasteiger partial charge in [0.2, 0.25) is 0 Å². The fourth-order valence-corrected chi connectivity index (χ4v) is 4.64. The molecule has 0 radical (unpaired) electrons. The van der Waals surface area contributed by atoms with Gasteiger partial charge >= 0.3 is 5.97 Å². The Balaban J connectivity index is 1.41. The number of amides is 2. The van der Waals surface area contributed by atoms with E-state index in [1.54, 1.807) is 36.2 Å². The average Bonchev–Trinajstić information content (AvgIpc) is 3.02. The third-order valence-corrected chi connectivity index (χ3v) is 7.05. The van der Waals surface area contributed by atoms with Crippen molar-refractivity contribution in [1.82, 2.24) is 0 Å². The summed E-state index contributed by atoms with van der Waals surface area (Å²) in [5, 5.41) is 2.96. The van der Waals surface area contributed by atoms with Crippen LogP contribution in [0.3, 0.4) is 0 Å². The van der Waals surface area contributed by atoms with Crippen LogP contribution in [0.2, 0.25) is 0 Å². The van der Waals surface area contributed by atoms with E-state index in [9.17, 15) is 14.4 Å². The summed E-state index contributed by atoms with van der Waals surface area (Å²) in [6.07, 6.45) is 6.95. The molecule has 42 heavy (non-hydrogen) atoms. The van der Waals surface area contributed by atoms with E-state index in [0.717, 1.165) is 47.2 Å². The lowest BCUT2D eigenvalue weighted by Gasteiger charge is -2.20. The zero-order chi connectivity index (χ0) is 29.9. The van der Waals surface area contributed by atoms with E-state index >= 15 is 0 Å². The van der Waals surface area contributed by atoms with Gasteiger partial charge in [0, 0.05) is 30.3 Å². The third-order valence-electron chi connectivity index (χ3n) is 7.05. The van der Waals surface area contributed by atoms with E-state index in [4.69, 9.17) is 0 Å². The molecule has 0 saturated heterocycles. The summed E-state index contributed by atoms with van der Waals surface area (Å²) in [5.41, 5.74) is 6.40. The van der Waals surface area contributed by atoms with E-state index in [0.29, 0.717) is 23.2 Å². The molecule has 0 saturated carbocycles. The summed E-state index contributed by atoms with van der Waals surface area (Å²) in [6.45, 7) is 2.03. The van der Waals surface area contributed by atoms with Gasteiger partial charge in [0.15, 0.2) is 0 Å². The fraction of sp³-hybridized carbons (Fsp3) is 0.194. The zero-order valence-electron chi connectivity index (χ0n) is 24.3. The van der Waals surface area contributed by atoms with Crippen LogP contribution in [0.5, 0.6) is 0 Å². The molecule has 0 atom stereocenters. The average molecular weight is 561 g/mol. The number of carbonyl (C=O) groups excluding carboxylic acids is 3. The molecule has 0 bridgehead atoms. The topological polar surface area (TPSA) is 75.7 Å². The predicted octanol–water partition coefficient (Wildman–Crippen LogP) is 7.94. The van der Waals surface area contributed by atoms with E-state index in [-0.39, 0.29) is 17.8 Å². The number of hydrogen-bond acceptors (Lipinski definition) is 4. The molecule has 0 heterocycles. The van der Waals surface area contributed by atoms with E-state index in [1.807, 2.05) is 85.8 Å². The van der Waals surface area contributed by atoms with Gasteiger partial charge in [-0.25, -0.2) is 0 Å². The van der Waals surface area contributed by atoms with Crippen molar-refractivity contribution in [3.05, 3.63) is 125 Å². The second kappa shape index (κ2) is 14.6. The second-order valence-corrected chi connectivity index (χ2v) is 10.1. The highest BCUT2D eigenvalue weighted by molar-refractivity contribution is 6.10. The highest BCUT2D eigenvalue weighted by atomic mass is 16.5. The number of anilines is 2. The maximum atomic E-state index is 13.4. The molecule has 0 spiro atoms. The lowest BCUT2D eigenvalue weighted by molar-refractivity contribution is -0.140. The number of benzene rings is 4. The number of nitrogens with one attached hydrogen (secondary N) is 1. The molecule has 0 fully saturated rings. The van der Waals surface area contributed by atoms with Crippen LogP contribution in [0.1, 0.15) is 57.5 Å². The quantitative estimate of drug-likeness (QED) is 0.149. The molecule has 0 unspecified atom stereocenters. The molecule has 214 valence electrons. The Kier molecular flexibility index (Phi) is 10.4. The van der Waals surface area contributed by atoms with Gasteiger partial charge in [-0.15, -0.1) is 0 Å². The van der Waals surface area contributed by atoms with Gasteiger partial charge in [-0.05, 0) is 79.3 Å². The Hall–Kier alpha value is -4.97. The summed E-state index contributed by atoms with van der Waals surface area (Å²) >= 11 is 0. The number of allylic oxidation sites excluding steroid dienone is 1. The van der Waals surface area contributed by atoms with Crippen LogP contribution in [0.25, 0.3) is 17.2 Å². The van der Waals surface area contributed by atoms with Crippen molar-refractivity contribution in [1.29, 1.82) is 0 Å². The minimum atomic E-state index is -0.214. The minimum absolute atomic E-state index is 0.156. The number of aryl methyl sites for hydroxylation is 1. The molecule has 0 aliphatic rings. The lowest BCUT2D eigenvalue weighted by atomic mass is 9.98. The molecule has 1 N–H and O–H groups in total. The Labute approximate surface area is 247 Å². The molecule has 6 nitrogen and oxygen atoms in total. The predicted molar refractivity (Wildman–Crippen MR) is 170 cm³/mol. The van der Waals surface area contributed by atoms with Crippen LogP contribution >= 0.6 is 0 Å². The van der Waals surface area contributed by atoms with Crippen molar-refractivity contribution in [3.63, 3.8) is 0 Å². The van der Waals surface area contributed by atoms with Crippen molar-refractivity contribution in [2.45, 2.75) is 32.6 Å². The van der Waals surface area contributed by atoms with Gasteiger partial charge in [-0.3, -0.25) is 14.4 Å². The number of unbranched alkanes of at least 4 members (excludes halogenated alkanes) is 2. The molecule has 4 aromatic carbocycles. The number of nitrogens with zero attached hydrogens (tertiary/aromatic N) is 1. The minimum Gasteiger partial charge on any atom is -0.469 e. The molecule has 0 aromatic heterocycles. The van der Waals surface area contributed by atoms with Crippen LogP contribution in [0, 0.1) is 6.92 Å². The maximum absolute atomic E-state index is 13.4. The zero-order valence-corrected chi connectivity index (χ0v) is 24.3. The van der Waals surface area contributed by atoms with Crippen LogP contribution in [0.4, 0.5) is 11.4 Å². The summed E-state index contributed by atoms with van der Waals surface area (Å²) in [7, 11) is 3.15. The first-order valence-electron chi connectivity index (χ1n) is 14.1. The number of hydrogen-bond donors (Lipinski definition) is 1. The number of carbonyl (C=O) groups is 3. The van der Waals surface area contributed by atoms with Crippen LogP contribution in [-0.2, 0) is 9.53 Å². The normalized spacial score (nSPS) is 10.8. The molecule has 0 aliphatic carbocycles. The van der Waals surface area contributed by atoms with Crippen molar-refractivity contribution in [2.75, 3.05) is 24.4 Å². The number of para-hydroxylation sites is 1. The van der Waals surface area contributed by atoms with Gasteiger partial charge < -0.3 is 15.0 Å². The fourth-order valence-electron chi connectivity index (χ4n) is 4.64. The molecule has 4 rings (SSSR count). The van der Waals surface area contributed by atoms with Crippen LogP contribution in [-0.4, -0.2) is 31.9 Å². The Morgan fingerprint density at radius 3 is 2.26 bits per heavy atom. The molecule has 6 heteroatoms. The standard InChI is InChI=1S/C36H36N2O4/c1-26-18-20-27(21-19-26)31-14-9-10-15-32(31)35(40)37-30-24-22-29(23-25-30)36(41)38(2)33-16-11-8-13-28(33)12-6-4-5-7-17-34(39)42-3/h6,8-16,18-25H,4-5,7,17H2,1-3H3,(H,37,40)/b12-6-. The summed E-state index contributed by atoms with van der Waals surface area (Å²) in [5.74, 6) is -0.562. The molecule has 2 amide bonds. The SMILES string of the molecule is COC(=O)CCCC/C=C\c1ccccc1N(C)C(=O)c1ccc(NC(=O)c2ccccc2-c2ccc(C)cc2)cc1. The van der Waals surface area contributed by atoms with Crippen LogP contribution < -0.4 is 10.2 Å². The van der Waals surface area contributed by atoms with E-state index in [1.165, 1.54) is 7.11 Å². The van der Waals surface area contributed by atoms with E-state index < -0.39 is 0 Å². The lowest BCUT2D eigenvalue weighted by Crippen LogP contribution is -2.26. The first-order chi connectivity index (χ1) is 20.4. The van der Waals surface area contributed by atoms with Crippen molar-refractivity contribution in [2.24, 2.45) is 0 Å². The molecular weight excluding hydrogens is 524 g/mol. The highest BCUT2D eigenvalue weighted by Gasteiger charge is 2.17. The van der Waals surface area contributed by atoms with Gasteiger partial charge in [0.1, 0.15) is 0 Å². The molecule has 4 aromatic rings. The number of ether oxygens (including phenoxy) is 1. The Morgan fingerprint density at radius 2 is 1.52 bits per heavy atom. The largest absolute Gasteiger partial charge is 0.469 e. The smallest absolute Gasteiger partial charge is 0.305 e. The van der Waals surface area contributed by atoms with Gasteiger partial charge in [-0.1, -0.05) is 78.4 Å². The Bertz CT molecular complexity index is 1560. The molecule has 0 aliphatic heterocycles. The first kappa shape index (κ1) is 30.0. The third kappa shape index (κ3) is 7.82. The van der Waals surface area contributed by atoms with Gasteiger partial charge in [0.05, 0.1) is 12.8 Å². The van der Waals surface area contributed by atoms with Gasteiger partial charge in [0.25, 0.3) is 11.8 Å². The second-order valence-electron chi connectivity index (χ2n) is 10.1. The van der Waals surface area contributed by atoms with Gasteiger partial charge in [-0.2, -0.15) is 0 Å². The summed E-state index contributed by atoms with van der Waals surface area (Å²) in [6, 6.07) is 30.3. The number of esters is 1. The van der Waals surface area contributed by atoms with Crippen molar-refractivity contribution in [3.8, 4) is 11.1 Å². The monoisotopic (exact) mass is 560 g/mol. The van der Waals surface area contributed by atoms with Crippen LogP contribution in [0.15, 0.2) is 103 Å². The summed E-state index contributed by atoms with van der Waals surface area (Å²) in [4.78, 5) is 39.4. The van der Waals surface area contributed by atoms with E-state index in [2.05, 4.69) is 16.1 Å². The maximum Gasteiger partial charge on any atom is 0.305 e. The highest BCUT2D eigenvalue weighted by Crippen LogP contribution is 2.26.